The van der Waals surface area contributed by atoms with Gasteiger partial charge in [-0.2, -0.15) is 0 Å². The third kappa shape index (κ3) is 3.49. The molecule has 0 heterocycles. The first-order valence-electron chi connectivity index (χ1n) is 7.44. The van der Waals surface area contributed by atoms with Gasteiger partial charge in [0.2, 0.25) is 0 Å². The highest BCUT2D eigenvalue weighted by atomic mass is 19.1. The fraction of sp³-hybridized carbons (Fsp3) is 0.625. The molecule has 0 bridgehead atoms. The van der Waals surface area contributed by atoms with Crippen LogP contribution in [0.2, 0.25) is 0 Å². The average molecular weight is 281 g/mol. The Labute approximate surface area is 120 Å². The van der Waals surface area contributed by atoms with Crippen LogP contribution in [0.25, 0.3) is 0 Å². The van der Waals surface area contributed by atoms with Gasteiger partial charge in [-0.3, -0.25) is 0 Å². The van der Waals surface area contributed by atoms with Crippen LogP contribution in [0.1, 0.15) is 32.6 Å². The molecule has 0 spiro atoms. The number of rotatable bonds is 7. The van der Waals surface area contributed by atoms with Gasteiger partial charge in [0.05, 0.1) is 13.2 Å². The molecule has 2 atom stereocenters. The standard InChI is InChI=1S/C16H24FNO2/c1-2-18-16(12-19)10-3-4-13(16)9-11-20-15-7-5-14(17)6-8-15/h5-8,13,18-19H,2-4,9-12H2,1H3. The Morgan fingerprint density at radius 3 is 2.80 bits per heavy atom. The molecule has 20 heavy (non-hydrogen) atoms. The van der Waals surface area contributed by atoms with E-state index in [0.29, 0.717) is 18.3 Å². The van der Waals surface area contributed by atoms with Crippen molar-refractivity contribution < 1.29 is 14.2 Å². The molecule has 1 aliphatic rings. The number of benzene rings is 1. The molecule has 1 saturated carbocycles. The lowest BCUT2D eigenvalue weighted by molar-refractivity contribution is 0.111. The van der Waals surface area contributed by atoms with Gasteiger partial charge in [0.1, 0.15) is 11.6 Å². The minimum Gasteiger partial charge on any atom is -0.494 e. The molecule has 112 valence electrons. The van der Waals surface area contributed by atoms with Gasteiger partial charge in [-0.15, -0.1) is 0 Å². The van der Waals surface area contributed by atoms with Gasteiger partial charge in [-0.1, -0.05) is 13.3 Å². The van der Waals surface area contributed by atoms with Gasteiger partial charge in [-0.05, 0) is 56.0 Å². The highest BCUT2D eigenvalue weighted by molar-refractivity contribution is 5.22. The average Bonchev–Trinajstić information content (AvgIpc) is 2.85. The first-order valence-corrected chi connectivity index (χ1v) is 7.44. The molecule has 0 aliphatic heterocycles. The highest BCUT2D eigenvalue weighted by Gasteiger charge is 2.41. The van der Waals surface area contributed by atoms with E-state index in [1.807, 2.05) is 0 Å². The summed E-state index contributed by atoms with van der Waals surface area (Å²) in [7, 11) is 0. The van der Waals surface area contributed by atoms with Gasteiger partial charge >= 0.3 is 0 Å². The van der Waals surface area contributed by atoms with Crippen molar-refractivity contribution in [3.8, 4) is 5.75 Å². The summed E-state index contributed by atoms with van der Waals surface area (Å²) >= 11 is 0. The van der Waals surface area contributed by atoms with Crippen LogP contribution in [0, 0.1) is 11.7 Å². The van der Waals surface area contributed by atoms with Gasteiger partial charge in [0, 0.05) is 5.54 Å². The Morgan fingerprint density at radius 2 is 2.15 bits per heavy atom. The molecule has 0 radical (unpaired) electrons. The topological polar surface area (TPSA) is 41.5 Å². The van der Waals surface area contributed by atoms with Crippen LogP contribution < -0.4 is 10.1 Å². The van der Waals surface area contributed by atoms with E-state index in [-0.39, 0.29) is 18.0 Å². The number of hydrogen-bond donors (Lipinski definition) is 2. The summed E-state index contributed by atoms with van der Waals surface area (Å²) in [5, 5.41) is 13.2. The zero-order valence-corrected chi connectivity index (χ0v) is 12.1. The summed E-state index contributed by atoms with van der Waals surface area (Å²) in [4.78, 5) is 0. The van der Waals surface area contributed by atoms with Gasteiger partial charge in [0.15, 0.2) is 0 Å². The Morgan fingerprint density at radius 1 is 1.40 bits per heavy atom. The molecule has 0 amide bonds. The first kappa shape index (κ1) is 15.3. The minimum atomic E-state index is -0.250. The number of aliphatic hydroxyl groups excluding tert-OH is 1. The monoisotopic (exact) mass is 281 g/mol. The van der Waals surface area contributed by atoms with E-state index < -0.39 is 0 Å². The van der Waals surface area contributed by atoms with Crippen molar-refractivity contribution in [2.75, 3.05) is 19.8 Å². The highest BCUT2D eigenvalue weighted by Crippen LogP contribution is 2.37. The molecule has 1 aromatic carbocycles. The maximum Gasteiger partial charge on any atom is 0.123 e. The van der Waals surface area contributed by atoms with Crippen LogP contribution in [0.4, 0.5) is 4.39 Å². The maximum absolute atomic E-state index is 12.8. The van der Waals surface area contributed by atoms with Crippen LogP contribution >= 0.6 is 0 Å². The molecular weight excluding hydrogens is 257 g/mol. The molecule has 2 N–H and O–H groups in total. The van der Waals surface area contributed by atoms with Crippen LogP contribution in [-0.4, -0.2) is 30.4 Å². The van der Waals surface area contributed by atoms with E-state index in [1.165, 1.54) is 12.1 Å². The normalized spacial score (nSPS) is 25.9. The molecule has 4 heteroatoms. The third-order valence-corrected chi connectivity index (χ3v) is 4.32. The van der Waals surface area contributed by atoms with Gasteiger partial charge in [0.25, 0.3) is 0 Å². The van der Waals surface area contributed by atoms with Crippen LogP contribution in [-0.2, 0) is 0 Å². The molecule has 2 rings (SSSR count). The van der Waals surface area contributed by atoms with Crippen molar-refractivity contribution in [1.82, 2.24) is 5.32 Å². The zero-order valence-electron chi connectivity index (χ0n) is 12.1. The third-order valence-electron chi connectivity index (χ3n) is 4.32. The molecular formula is C16H24FNO2. The predicted octanol–water partition coefficient (Wildman–Crippen LogP) is 2.74. The van der Waals surface area contributed by atoms with E-state index in [4.69, 9.17) is 4.74 Å². The lowest BCUT2D eigenvalue weighted by Gasteiger charge is -2.34. The Hall–Kier alpha value is -1.13. The quantitative estimate of drug-likeness (QED) is 0.807. The summed E-state index contributed by atoms with van der Waals surface area (Å²) in [6, 6.07) is 6.10. The molecule has 1 aliphatic carbocycles. The summed E-state index contributed by atoms with van der Waals surface area (Å²) in [6.07, 6.45) is 4.21. The number of halogens is 1. The van der Waals surface area contributed by atoms with E-state index in [2.05, 4.69) is 12.2 Å². The molecule has 2 unspecified atom stereocenters. The van der Waals surface area contributed by atoms with E-state index in [0.717, 1.165) is 32.2 Å². The van der Waals surface area contributed by atoms with Crippen molar-refractivity contribution in [1.29, 1.82) is 0 Å². The largest absolute Gasteiger partial charge is 0.494 e. The summed E-state index contributed by atoms with van der Waals surface area (Å²) in [5.41, 5.74) is -0.138. The fourth-order valence-corrected chi connectivity index (χ4v) is 3.26. The van der Waals surface area contributed by atoms with Gasteiger partial charge in [-0.25, -0.2) is 4.39 Å². The minimum absolute atomic E-state index is 0.138. The SMILES string of the molecule is CCNC1(CO)CCCC1CCOc1ccc(F)cc1. The van der Waals surface area contributed by atoms with Crippen molar-refractivity contribution in [2.45, 2.75) is 38.1 Å². The predicted molar refractivity (Wildman–Crippen MR) is 77.3 cm³/mol. The number of likely N-dealkylation sites (N-methyl/N-ethyl adjacent to an activating group) is 1. The van der Waals surface area contributed by atoms with Crippen molar-refractivity contribution in [3.63, 3.8) is 0 Å². The molecule has 3 nitrogen and oxygen atoms in total. The number of aliphatic hydroxyl groups is 1. The second-order valence-corrected chi connectivity index (χ2v) is 5.52. The van der Waals surface area contributed by atoms with Crippen molar-refractivity contribution in [3.05, 3.63) is 30.1 Å². The Balaban J connectivity index is 1.85. The van der Waals surface area contributed by atoms with Crippen LogP contribution in [0.3, 0.4) is 0 Å². The number of hydrogen-bond acceptors (Lipinski definition) is 3. The lowest BCUT2D eigenvalue weighted by atomic mass is 9.85. The van der Waals surface area contributed by atoms with E-state index in [1.54, 1.807) is 12.1 Å². The lowest BCUT2D eigenvalue weighted by Crippen LogP contribution is -2.51. The second-order valence-electron chi connectivity index (χ2n) is 5.52. The van der Waals surface area contributed by atoms with E-state index >= 15 is 0 Å². The zero-order chi connectivity index (χ0) is 14.4. The Kier molecular flexibility index (Phi) is 5.38. The molecule has 1 fully saturated rings. The second kappa shape index (κ2) is 7.04. The Bertz CT molecular complexity index is 409. The summed E-state index contributed by atoms with van der Waals surface area (Å²) in [5.74, 6) is 0.884. The molecule has 1 aromatic rings. The van der Waals surface area contributed by atoms with Crippen LogP contribution in [0.15, 0.2) is 24.3 Å². The number of ether oxygens (including phenoxy) is 1. The fourth-order valence-electron chi connectivity index (χ4n) is 3.26. The molecule has 0 aromatic heterocycles. The molecule has 0 saturated heterocycles. The van der Waals surface area contributed by atoms with Crippen LogP contribution in [0.5, 0.6) is 5.75 Å². The van der Waals surface area contributed by atoms with Crippen molar-refractivity contribution >= 4 is 0 Å². The van der Waals surface area contributed by atoms with Gasteiger partial charge < -0.3 is 15.2 Å². The maximum atomic E-state index is 12.8. The van der Waals surface area contributed by atoms with E-state index in [9.17, 15) is 9.50 Å². The summed E-state index contributed by atoms with van der Waals surface area (Å²) in [6.45, 7) is 3.73. The summed E-state index contributed by atoms with van der Waals surface area (Å²) < 4.78 is 18.5. The first-order chi connectivity index (χ1) is 9.70. The van der Waals surface area contributed by atoms with Crippen molar-refractivity contribution in [2.24, 2.45) is 5.92 Å². The number of nitrogens with one attached hydrogen (secondary N) is 1. The smallest absolute Gasteiger partial charge is 0.123 e.